The lowest BCUT2D eigenvalue weighted by atomic mass is 9.94. The second-order valence-corrected chi connectivity index (χ2v) is 9.12. The number of carbonyl (C=O) groups excluding carboxylic acids is 1. The number of fused-ring (bicyclic) bond motifs is 2. The smallest absolute Gasteiger partial charge is 0.263 e. The van der Waals surface area contributed by atoms with Gasteiger partial charge < -0.3 is 15.0 Å². The van der Waals surface area contributed by atoms with E-state index >= 15 is 0 Å². The van der Waals surface area contributed by atoms with Gasteiger partial charge in [0.05, 0.1) is 23.6 Å². The molecule has 0 saturated heterocycles. The number of anilines is 2. The van der Waals surface area contributed by atoms with Gasteiger partial charge in [0.25, 0.3) is 5.91 Å². The number of pyridine rings is 1. The molecule has 6 nitrogen and oxygen atoms in total. The van der Waals surface area contributed by atoms with Gasteiger partial charge in [-0.1, -0.05) is 30.0 Å². The highest BCUT2D eigenvalue weighted by molar-refractivity contribution is 7.17. The number of hydrogen-bond donors (Lipinski definition) is 1. The lowest BCUT2D eigenvalue weighted by molar-refractivity contribution is 0.0901. The number of nitrogens with one attached hydrogen (secondary N) is 1. The van der Waals surface area contributed by atoms with Gasteiger partial charge >= 0.3 is 0 Å². The van der Waals surface area contributed by atoms with Crippen molar-refractivity contribution in [1.29, 1.82) is 0 Å². The molecule has 1 N–H and O–H groups in total. The number of aromatic nitrogens is 2. The minimum Gasteiger partial charge on any atom is -0.490 e. The molecule has 2 aromatic heterocycles. The molecule has 0 aliphatic carbocycles. The Morgan fingerprint density at radius 3 is 2.87 bits per heavy atom. The summed E-state index contributed by atoms with van der Waals surface area (Å²) in [6.45, 7) is 9.06. The number of benzene rings is 1. The Kier molecular flexibility index (Phi) is 4.36. The molecule has 1 aromatic carbocycles. The topological polar surface area (TPSA) is 67.4 Å². The molecule has 3 aromatic rings. The molecule has 0 radical (unpaired) electrons. The summed E-state index contributed by atoms with van der Waals surface area (Å²) in [5.74, 6) is 0.777. The normalized spacial score (nSPS) is 16.9. The molecular weight excluding hydrogens is 396 g/mol. The van der Waals surface area contributed by atoms with Crippen LogP contribution in [0.15, 0.2) is 43.1 Å². The number of hydrogen-bond acceptors (Lipinski definition) is 6. The summed E-state index contributed by atoms with van der Waals surface area (Å²) in [4.78, 5) is 24.7. The van der Waals surface area contributed by atoms with Crippen LogP contribution in [0.1, 0.15) is 34.9 Å². The molecule has 152 valence electrons. The maximum Gasteiger partial charge on any atom is 0.263 e. The summed E-state index contributed by atoms with van der Waals surface area (Å²) >= 11 is 1.44. The van der Waals surface area contributed by atoms with Crippen LogP contribution in [0, 0.1) is 0 Å². The average molecular weight is 419 g/mol. The van der Waals surface area contributed by atoms with Gasteiger partial charge in [-0.25, -0.2) is 4.98 Å². The first-order chi connectivity index (χ1) is 14.4. The van der Waals surface area contributed by atoms with E-state index < -0.39 is 0 Å². The lowest BCUT2D eigenvalue weighted by Gasteiger charge is -2.30. The predicted octanol–water partition coefficient (Wildman–Crippen LogP) is 4.44. The lowest BCUT2D eigenvalue weighted by Crippen LogP contribution is -2.48. The molecule has 2 aliphatic heterocycles. The largest absolute Gasteiger partial charge is 0.490 e. The van der Waals surface area contributed by atoms with E-state index in [1.54, 1.807) is 6.08 Å². The third-order valence-corrected chi connectivity index (χ3v) is 6.45. The first-order valence-electron chi connectivity index (χ1n) is 9.89. The van der Waals surface area contributed by atoms with Crippen LogP contribution in [0.3, 0.4) is 0 Å². The number of thiazole rings is 1. The van der Waals surface area contributed by atoms with Crippen LogP contribution in [0.4, 0.5) is 10.8 Å². The molecule has 5 rings (SSSR count). The Balaban J connectivity index is 1.54. The monoisotopic (exact) mass is 418 g/mol. The quantitative estimate of drug-likeness (QED) is 0.681. The van der Waals surface area contributed by atoms with Gasteiger partial charge in [0.2, 0.25) is 0 Å². The van der Waals surface area contributed by atoms with Crippen molar-refractivity contribution in [3.8, 4) is 16.9 Å². The van der Waals surface area contributed by atoms with Gasteiger partial charge in [-0.15, -0.1) is 0 Å². The molecule has 0 atom stereocenters. The highest BCUT2D eigenvalue weighted by atomic mass is 32.1. The first kappa shape index (κ1) is 18.8. The van der Waals surface area contributed by atoms with Crippen LogP contribution >= 0.6 is 11.3 Å². The van der Waals surface area contributed by atoms with E-state index in [9.17, 15) is 4.79 Å². The molecule has 1 amide bonds. The van der Waals surface area contributed by atoms with Gasteiger partial charge in [0, 0.05) is 23.7 Å². The zero-order valence-corrected chi connectivity index (χ0v) is 17.8. The average Bonchev–Trinajstić information content (AvgIpc) is 3.16. The van der Waals surface area contributed by atoms with Crippen LogP contribution in [-0.2, 0) is 6.42 Å². The van der Waals surface area contributed by atoms with Gasteiger partial charge in [0.1, 0.15) is 17.2 Å². The number of rotatable bonds is 3. The molecule has 4 heterocycles. The van der Waals surface area contributed by atoms with E-state index in [-0.39, 0.29) is 11.4 Å². The second kappa shape index (κ2) is 6.95. The van der Waals surface area contributed by atoms with E-state index in [2.05, 4.69) is 27.8 Å². The van der Waals surface area contributed by atoms with E-state index in [1.807, 2.05) is 44.3 Å². The van der Waals surface area contributed by atoms with Gasteiger partial charge in [-0.3, -0.25) is 9.78 Å². The minimum absolute atomic E-state index is 0.0411. The standard InChI is InChI=1S/C23H22N4O2S/c1-4-16-7-5-15(13-24-16)14-6-8-19-18(11-14)27(9-10-29-19)22-25-17-12-23(2,3)26-21(28)20(17)30-22/h4-8,11,13H,1,9-10,12H2,2-3H3,(H,26,28). The van der Waals surface area contributed by atoms with Gasteiger partial charge in [-0.2, -0.15) is 0 Å². The molecule has 0 saturated carbocycles. The summed E-state index contributed by atoms with van der Waals surface area (Å²) in [6.07, 6.45) is 4.30. The van der Waals surface area contributed by atoms with Crippen LogP contribution < -0.4 is 15.0 Å². The minimum atomic E-state index is -0.282. The third kappa shape index (κ3) is 3.25. The van der Waals surface area contributed by atoms with Crippen molar-refractivity contribution in [3.05, 3.63) is 59.4 Å². The molecular formula is C23H22N4O2S. The van der Waals surface area contributed by atoms with Crippen LogP contribution in [0.5, 0.6) is 5.75 Å². The molecule has 2 aliphatic rings. The molecule has 7 heteroatoms. The van der Waals surface area contributed by atoms with Crippen LogP contribution in [0.2, 0.25) is 0 Å². The van der Waals surface area contributed by atoms with E-state index in [4.69, 9.17) is 9.72 Å². The zero-order valence-electron chi connectivity index (χ0n) is 16.9. The van der Waals surface area contributed by atoms with Crippen molar-refractivity contribution < 1.29 is 9.53 Å². The molecule has 0 unspecified atom stereocenters. The maximum atomic E-state index is 12.5. The SMILES string of the molecule is C=Cc1ccc(-c2ccc3c(c2)N(c2nc4c(s2)C(=O)NC(C)(C)C4)CCO3)cn1. The number of carbonyl (C=O) groups is 1. The Labute approximate surface area is 179 Å². The zero-order chi connectivity index (χ0) is 20.9. The first-order valence-corrected chi connectivity index (χ1v) is 10.7. The molecule has 0 spiro atoms. The Morgan fingerprint density at radius 2 is 2.10 bits per heavy atom. The van der Waals surface area contributed by atoms with Crippen molar-refractivity contribution in [2.45, 2.75) is 25.8 Å². The predicted molar refractivity (Wildman–Crippen MR) is 120 cm³/mol. The molecule has 0 bridgehead atoms. The Bertz CT molecular complexity index is 1150. The van der Waals surface area contributed by atoms with Crippen molar-refractivity contribution in [2.75, 3.05) is 18.1 Å². The van der Waals surface area contributed by atoms with E-state index in [1.165, 1.54) is 11.3 Å². The fourth-order valence-corrected chi connectivity index (χ4v) is 4.89. The third-order valence-electron chi connectivity index (χ3n) is 5.34. The van der Waals surface area contributed by atoms with Crippen LogP contribution in [-0.4, -0.2) is 34.6 Å². The summed E-state index contributed by atoms with van der Waals surface area (Å²) in [7, 11) is 0. The van der Waals surface area contributed by atoms with Crippen molar-refractivity contribution in [1.82, 2.24) is 15.3 Å². The number of amides is 1. The fourth-order valence-electron chi connectivity index (χ4n) is 3.87. The fraction of sp³-hybridized carbons (Fsp3) is 0.261. The Morgan fingerprint density at radius 1 is 1.27 bits per heavy atom. The summed E-state index contributed by atoms with van der Waals surface area (Å²) in [6, 6.07) is 10.1. The second-order valence-electron chi connectivity index (χ2n) is 8.15. The summed E-state index contributed by atoms with van der Waals surface area (Å²) in [5, 5.41) is 3.89. The highest BCUT2D eigenvalue weighted by Crippen LogP contribution is 2.42. The molecule has 30 heavy (non-hydrogen) atoms. The summed E-state index contributed by atoms with van der Waals surface area (Å²) < 4.78 is 5.89. The number of ether oxygens (including phenoxy) is 1. The number of nitrogens with zero attached hydrogens (tertiary/aromatic N) is 3. The van der Waals surface area contributed by atoms with Crippen LogP contribution in [0.25, 0.3) is 17.2 Å². The maximum absolute atomic E-state index is 12.5. The van der Waals surface area contributed by atoms with E-state index in [0.29, 0.717) is 18.0 Å². The Hall–Kier alpha value is -3.19. The summed E-state index contributed by atoms with van der Waals surface area (Å²) in [5.41, 5.74) is 4.46. The van der Waals surface area contributed by atoms with Gasteiger partial charge in [0.15, 0.2) is 5.13 Å². The van der Waals surface area contributed by atoms with E-state index in [0.717, 1.165) is 45.5 Å². The molecule has 0 fully saturated rings. The van der Waals surface area contributed by atoms with Crippen molar-refractivity contribution >= 4 is 34.1 Å². The van der Waals surface area contributed by atoms with Gasteiger partial charge in [-0.05, 0) is 43.7 Å². The van der Waals surface area contributed by atoms with Crippen molar-refractivity contribution in [2.24, 2.45) is 0 Å². The van der Waals surface area contributed by atoms with Crippen molar-refractivity contribution in [3.63, 3.8) is 0 Å². The highest BCUT2D eigenvalue weighted by Gasteiger charge is 2.34.